The van der Waals surface area contributed by atoms with Crippen LogP contribution in [0.1, 0.15) is 67.3 Å². The molecular weight excluding hydrogens is 459 g/mol. The fraction of sp³-hybridized carbons (Fsp3) is 0.435. The molecule has 0 fully saturated rings. The van der Waals surface area contributed by atoms with E-state index in [2.05, 4.69) is 10.1 Å². The van der Waals surface area contributed by atoms with Crippen molar-refractivity contribution in [1.29, 1.82) is 0 Å². The number of benzene rings is 1. The molecule has 2 aromatic rings. The summed E-state index contributed by atoms with van der Waals surface area (Å²) in [5.74, 6) is -2.25. The van der Waals surface area contributed by atoms with Crippen LogP contribution in [0.3, 0.4) is 0 Å². The van der Waals surface area contributed by atoms with Crippen molar-refractivity contribution in [1.82, 2.24) is 0 Å². The van der Waals surface area contributed by atoms with Crippen LogP contribution >= 0.6 is 11.3 Å². The minimum absolute atomic E-state index is 0.0234. The molecule has 2 N–H and O–H groups in total. The Morgan fingerprint density at radius 3 is 2.15 bits per heavy atom. The summed E-state index contributed by atoms with van der Waals surface area (Å²) in [6, 6.07) is 6.19. The van der Waals surface area contributed by atoms with Crippen molar-refractivity contribution in [3.8, 4) is 5.75 Å². The quantitative estimate of drug-likeness (QED) is 0.378. The third-order valence-electron chi connectivity index (χ3n) is 5.62. The van der Waals surface area contributed by atoms with Gasteiger partial charge in [-0.25, -0.2) is 0 Å². The number of carbonyl (C=O) groups excluding carboxylic acids is 2. The fourth-order valence-electron chi connectivity index (χ4n) is 3.40. The van der Waals surface area contributed by atoms with E-state index in [0.29, 0.717) is 24.3 Å². The summed E-state index contributed by atoms with van der Waals surface area (Å²) >= 11 is 1.23. The predicted molar refractivity (Wildman–Crippen MR) is 119 cm³/mol. The molecule has 0 radical (unpaired) electrons. The molecule has 0 atom stereocenters. The number of ketones is 1. The van der Waals surface area contributed by atoms with Crippen LogP contribution in [0.4, 0.5) is 18.2 Å². The van der Waals surface area contributed by atoms with Gasteiger partial charge in [-0.2, -0.15) is 0 Å². The summed E-state index contributed by atoms with van der Waals surface area (Å²) < 4.78 is 40.9. The molecule has 1 amide bonds. The number of anilines is 1. The standard InChI is InChI=1S/C23H26F3NO5S/c1-4-16-13-17(19(29)14-7-9-15(10-8-14)32-23(24,25)26)20(33-16)27-18(28)11-12-22(5-2,6-3)21(30)31/h7-10,13H,4-6,11-12H2,1-3H3,(H,27,28)(H,30,31). The lowest BCUT2D eigenvalue weighted by atomic mass is 9.78. The molecule has 0 aliphatic carbocycles. The van der Waals surface area contributed by atoms with E-state index < -0.39 is 35.2 Å². The van der Waals surface area contributed by atoms with E-state index in [9.17, 15) is 32.7 Å². The SMILES string of the molecule is CCc1cc(C(=O)c2ccc(OC(F)(F)F)cc2)c(NC(=O)CCC(CC)(CC)C(=O)O)s1. The van der Waals surface area contributed by atoms with Gasteiger partial charge in [0.05, 0.1) is 11.0 Å². The number of halogens is 3. The number of thiophene rings is 1. The molecule has 0 aliphatic rings. The van der Waals surface area contributed by atoms with E-state index in [-0.39, 0.29) is 24.0 Å². The second-order valence-corrected chi connectivity index (χ2v) is 8.69. The van der Waals surface area contributed by atoms with Gasteiger partial charge in [-0.05, 0) is 56.0 Å². The highest BCUT2D eigenvalue weighted by molar-refractivity contribution is 7.16. The van der Waals surface area contributed by atoms with Gasteiger partial charge in [0, 0.05) is 16.9 Å². The molecule has 0 unspecified atom stereocenters. The molecule has 0 saturated carbocycles. The molecule has 0 bridgehead atoms. The second kappa shape index (κ2) is 10.8. The van der Waals surface area contributed by atoms with Crippen LogP contribution < -0.4 is 10.1 Å². The summed E-state index contributed by atoms with van der Waals surface area (Å²) in [4.78, 5) is 38.0. The number of nitrogens with one attached hydrogen (secondary N) is 1. The maximum atomic E-state index is 13.0. The lowest BCUT2D eigenvalue weighted by molar-refractivity contribution is -0.274. The number of hydrogen-bond acceptors (Lipinski definition) is 5. The van der Waals surface area contributed by atoms with Gasteiger partial charge in [0.1, 0.15) is 10.8 Å². The van der Waals surface area contributed by atoms with Crippen LogP contribution in [0.15, 0.2) is 30.3 Å². The first kappa shape index (κ1) is 26.4. The first-order valence-corrected chi connectivity index (χ1v) is 11.3. The molecule has 1 aromatic carbocycles. The maximum Gasteiger partial charge on any atom is 0.573 e. The molecule has 180 valence electrons. The number of carboxylic acid groups (broad SMARTS) is 1. The molecule has 10 heteroatoms. The van der Waals surface area contributed by atoms with Crippen LogP contribution in [0.2, 0.25) is 0 Å². The largest absolute Gasteiger partial charge is 0.573 e. The van der Waals surface area contributed by atoms with Gasteiger partial charge in [0.15, 0.2) is 5.78 Å². The number of aliphatic carboxylic acids is 1. The summed E-state index contributed by atoms with van der Waals surface area (Å²) in [5.41, 5.74) is -0.618. The van der Waals surface area contributed by atoms with Crippen LogP contribution in [0.25, 0.3) is 0 Å². The lowest BCUT2D eigenvalue weighted by Crippen LogP contribution is -2.31. The van der Waals surface area contributed by atoms with E-state index in [1.54, 1.807) is 19.9 Å². The summed E-state index contributed by atoms with van der Waals surface area (Å²) in [7, 11) is 0. The summed E-state index contributed by atoms with van der Waals surface area (Å²) in [6.07, 6.45) is -3.29. The molecule has 6 nitrogen and oxygen atoms in total. The van der Waals surface area contributed by atoms with Crippen molar-refractivity contribution in [3.05, 3.63) is 46.3 Å². The number of carbonyl (C=O) groups is 3. The third kappa shape index (κ3) is 6.80. The highest BCUT2D eigenvalue weighted by atomic mass is 32.1. The Morgan fingerprint density at radius 2 is 1.67 bits per heavy atom. The van der Waals surface area contributed by atoms with Crippen molar-refractivity contribution in [2.45, 2.75) is 59.2 Å². The van der Waals surface area contributed by atoms with Gasteiger partial charge in [-0.15, -0.1) is 24.5 Å². The fourth-order valence-corrected chi connectivity index (χ4v) is 4.41. The second-order valence-electron chi connectivity index (χ2n) is 7.55. The normalized spacial score (nSPS) is 11.8. The zero-order valence-electron chi connectivity index (χ0n) is 18.5. The molecular formula is C23H26F3NO5S. The van der Waals surface area contributed by atoms with Crippen LogP contribution in [0.5, 0.6) is 5.75 Å². The Bertz CT molecular complexity index is 995. The van der Waals surface area contributed by atoms with Crippen molar-refractivity contribution >= 4 is 34.0 Å². The summed E-state index contributed by atoms with van der Waals surface area (Å²) in [5, 5.41) is 12.6. The van der Waals surface area contributed by atoms with Gasteiger partial charge in [0.25, 0.3) is 0 Å². The van der Waals surface area contributed by atoms with Gasteiger partial charge in [-0.1, -0.05) is 20.8 Å². The van der Waals surface area contributed by atoms with Crippen molar-refractivity contribution < 1.29 is 37.4 Å². The Morgan fingerprint density at radius 1 is 1.06 bits per heavy atom. The first-order valence-electron chi connectivity index (χ1n) is 10.5. The smallest absolute Gasteiger partial charge is 0.481 e. The van der Waals surface area contributed by atoms with Crippen LogP contribution in [-0.4, -0.2) is 29.1 Å². The summed E-state index contributed by atoms with van der Waals surface area (Å²) in [6.45, 7) is 5.42. The number of carboxylic acids is 1. The minimum atomic E-state index is -4.83. The number of amides is 1. The van der Waals surface area contributed by atoms with E-state index in [1.807, 2.05) is 6.92 Å². The highest BCUT2D eigenvalue weighted by Gasteiger charge is 2.35. The van der Waals surface area contributed by atoms with Crippen LogP contribution in [0, 0.1) is 5.41 Å². The molecule has 0 aliphatic heterocycles. The Balaban J connectivity index is 2.19. The number of rotatable bonds is 11. The molecule has 0 saturated heterocycles. The number of ether oxygens (including phenoxy) is 1. The zero-order chi connectivity index (χ0) is 24.8. The molecule has 1 aromatic heterocycles. The number of alkyl halides is 3. The van der Waals surface area contributed by atoms with E-state index in [1.165, 1.54) is 23.5 Å². The van der Waals surface area contributed by atoms with E-state index in [4.69, 9.17) is 0 Å². The molecule has 0 spiro atoms. The Kier molecular flexibility index (Phi) is 8.65. The van der Waals surface area contributed by atoms with Gasteiger partial charge < -0.3 is 15.2 Å². The molecule has 33 heavy (non-hydrogen) atoms. The molecule has 2 rings (SSSR count). The average molecular weight is 486 g/mol. The van der Waals surface area contributed by atoms with Gasteiger partial charge in [0.2, 0.25) is 5.91 Å². The first-order chi connectivity index (χ1) is 15.4. The number of hydrogen-bond donors (Lipinski definition) is 2. The zero-order valence-corrected chi connectivity index (χ0v) is 19.4. The Labute approximate surface area is 193 Å². The number of aryl methyl sites for hydroxylation is 1. The van der Waals surface area contributed by atoms with Crippen molar-refractivity contribution in [2.75, 3.05) is 5.32 Å². The predicted octanol–water partition coefficient (Wildman–Crippen LogP) is 6.05. The van der Waals surface area contributed by atoms with Crippen molar-refractivity contribution in [3.63, 3.8) is 0 Å². The minimum Gasteiger partial charge on any atom is -0.481 e. The maximum absolute atomic E-state index is 13.0. The van der Waals surface area contributed by atoms with Crippen molar-refractivity contribution in [2.24, 2.45) is 5.41 Å². The average Bonchev–Trinajstić information content (AvgIpc) is 3.16. The molecule has 1 heterocycles. The van der Waals surface area contributed by atoms with E-state index >= 15 is 0 Å². The topological polar surface area (TPSA) is 92.7 Å². The lowest BCUT2D eigenvalue weighted by Gasteiger charge is -2.26. The van der Waals surface area contributed by atoms with Gasteiger partial charge in [-0.3, -0.25) is 14.4 Å². The van der Waals surface area contributed by atoms with Crippen LogP contribution in [-0.2, 0) is 16.0 Å². The van der Waals surface area contributed by atoms with Gasteiger partial charge >= 0.3 is 12.3 Å². The Hall–Kier alpha value is -2.88. The highest BCUT2D eigenvalue weighted by Crippen LogP contribution is 2.34. The van der Waals surface area contributed by atoms with E-state index in [0.717, 1.165) is 17.0 Å². The monoisotopic (exact) mass is 485 g/mol. The third-order valence-corrected chi connectivity index (χ3v) is 6.81.